The molecule has 0 amide bonds. The van der Waals surface area contributed by atoms with Crippen LogP contribution in [0.2, 0.25) is 0 Å². The van der Waals surface area contributed by atoms with Gasteiger partial charge in [0.15, 0.2) is 0 Å². The predicted molar refractivity (Wildman–Crippen MR) is 97.2 cm³/mol. The van der Waals surface area contributed by atoms with E-state index in [4.69, 9.17) is 5.11 Å². The Morgan fingerprint density at radius 1 is 1.16 bits per heavy atom. The minimum Gasteiger partial charge on any atom is -0.478 e. The fraction of sp³-hybridized carbons (Fsp3) is 0.444. The molecule has 0 unspecified atom stereocenters. The standard InChI is InChI=1S/C16H19FN4O2.C2H6/c1-10-15(11(2)19-18-10)21-7-5-20(6-8-21)14-9-12(16(22)23)3-4-13(14)17;1-2/h3-4,9H,5-8H2,1-2H3,(H,18,19)(H,22,23);1-2H3. The van der Waals surface area contributed by atoms with E-state index in [1.807, 2.05) is 32.6 Å². The molecule has 1 saturated heterocycles. The number of nitrogens with one attached hydrogen (secondary N) is 1. The van der Waals surface area contributed by atoms with Crippen molar-refractivity contribution in [2.75, 3.05) is 36.0 Å². The number of aromatic amines is 1. The molecular weight excluding hydrogens is 323 g/mol. The van der Waals surface area contributed by atoms with Crippen LogP contribution in [-0.2, 0) is 0 Å². The highest BCUT2D eigenvalue weighted by Crippen LogP contribution is 2.27. The SMILES string of the molecule is CC.Cc1n[nH]c(C)c1N1CCN(c2cc(C(=O)O)ccc2F)CC1. The summed E-state index contributed by atoms with van der Waals surface area (Å²) in [5.41, 5.74) is 3.53. The van der Waals surface area contributed by atoms with Crippen LogP contribution in [0.5, 0.6) is 0 Å². The number of hydrogen-bond acceptors (Lipinski definition) is 4. The summed E-state index contributed by atoms with van der Waals surface area (Å²) in [7, 11) is 0. The molecule has 0 bridgehead atoms. The van der Waals surface area contributed by atoms with Crippen molar-refractivity contribution < 1.29 is 14.3 Å². The minimum atomic E-state index is -1.05. The zero-order chi connectivity index (χ0) is 18.6. The molecule has 2 N–H and O–H groups in total. The Balaban J connectivity index is 0.00000109. The third-order valence-electron chi connectivity index (χ3n) is 4.22. The van der Waals surface area contributed by atoms with Crippen LogP contribution in [0.4, 0.5) is 15.8 Å². The van der Waals surface area contributed by atoms with Crippen LogP contribution in [0.15, 0.2) is 18.2 Å². The van der Waals surface area contributed by atoms with Crippen LogP contribution in [0.3, 0.4) is 0 Å². The van der Waals surface area contributed by atoms with Gasteiger partial charge in [0.1, 0.15) is 5.82 Å². The maximum Gasteiger partial charge on any atom is 0.335 e. The third kappa shape index (κ3) is 3.92. The van der Waals surface area contributed by atoms with E-state index >= 15 is 0 Å². The Labute approximate surface area is 147 Å². The van der Waals surface area contributed by atoms with E-state index in [-0.39, 0.29) is 11.4 Å². The monoisotopic (exact) mass is 348 g/mol. The molecule has 0 spiro atoms. The third-order valence-corrected chi connectivity index (χ3v) is 4.22. The second-order valence-electron chi connectivity index (χ2n) is 5.73. The zero-order valence-electron chi connectivity index (χ0n) is 15.1. The lowest BCUT2D eigenvalue weighted by Gasteiger charge is -2.37. The van der Waals surface area contributed by atoms with E-state index in [1.54, 1.807) is 0 Å². The number of nitrogens with zero attached hydrogens (tertiary/aromatic N) is 3. The molecule has 2 heterocycles. The smallest absolute Gasteiger partial charge is 0.335 e. The number of piperazine rings is 1. The van der Waals surface area contributed by atoms with Gasteiger partial charge in [0.05, 0.1) is 28.3 Å². The number of carboxylic acids is 1. The number of aryl methyl sites for hydroxylation is 2. The van der Waals surface area contributed by atoms with Gasteiger partial charge in [0.2, 0.25) is 0 Å². The van der Waals surface area contributed by atoms with Gasteiger partial charge in [-0.2, -0.15) is 5.10 Å². The molecule has 1 aliphatic rings. The molecule has 2 aromatic rings. The largest absolute Gasteiger partial charge is 0.478 e. The number of aromatic carboxylic acids is 1. The van der Waals surface area contributed by atoms with Crippen molar-refractivity contribution in [1.82, 2.24) is 10.2 Å². The van der Waals surface area contributed by atoms with Gasteiger partial charge in [0.25, 0.3) is 0 Å². The highest BCUT2D eigenvalue weighted by molar-refractivity contribution is 5.89. The van der Waals surface area contributed by atoms with Crippen molar-refractivity contribution in [3.05, 3.63) is 41.0 Å². The lowest BCUT2D eigenvalue weighted by atomic mass is 10.1. The first kappa shape index (κ1) is 18.8. The number of H-pyrrole nitrogens is 1. The molecule has 0 aliphatic carbocycles. The summed E-state index contributed by atoms with van der Waals surface area (Å²) < 4.78 is 14.1. The average Bonchev–Trinajstić information content (AvgIpc) is 2.96. The summed E-state index contributed by atoms with van der Waals surface area (Å²) in [4.78, 5) is 15.2. The summed E-state index contributed by atoms with van der Waals surface area (Å²) in [5, 5.41) is 16.3. The average molecular weight is 348 g/mol. The first-order valence-corrected chi connectivity index (χ1v) is 8.51. The molecule has 0 radical (unpaired) electrons. The molecule has 25 heavy (non-hydrogen) atoms. The van der Waals surface area contributed by atoms with E-state index in [9.17, 15) is 9.18 Å². The second kappa shape index (κ2) is 8.00. The van der Waals surface area contributed by atoms with Crippen molar-refractivity contribution in [1.29, 1.82) is 0 Å². The van der Waals surface area contributed by atoms with E-state index in [0.29, 0.717) is 18.8 Å². The lowest BCUT2D eigenvalue weighted by Crippen LogP contribution is -2.47. The number of hydrogen-bond donors (Lipinski definition) is 2. The highest BCUT2D eigenvalue weighted by atomic mass is 19.1. The minimum absolute atomic E-state index is 0.102. The van der Waals surface area contributed by atoms with E-state index < -0.39 is 5.97 Å². The molecule has 1 aromatic heterocycles. The normalized spacial score (nSPS) is 14.1. The number of halogens is 1. The van der Waals surface area contributed by atoms with Gasteiger partial charge in [-0.15, -0.1) is 0 Å². The predicted octanol–water partition coefficient (Wildman–Crippen LogP) is 3.22. The quantitative estimate of drug-likeness (QED) is 0.891. The van der Waals surface area contributed by atoms with Crippen molar-refractivity contribution in [2.45, 2.75) is 27.7 Å². The zero-order valence-corrected chi connectivity index (χ0v) is 15.1. The number of anilines is 2. The Hall–Kier alpha value is -2.57. The van der Waals surface area contributed by atoms with Gasteiger partial charge in [-0.25, -0.2) is 9.18 Å². The molecule has 7 heteroatoms. The van der Waals surface area contributed by atoms with Crippen molar-refractivity contribution >= 4 is 17.3 Å². The number of carbonyl (C=O) groups is 1. The van der Waals surface area contributed by atoms with Crippen LogP contribution >= 0.6 is 0 Å². The number of rotatable bonds is 3. The highest BCUT2D eigenvalue weighted by Gasteiger charge is 2.23. The molecule has 3 rings (SSSR count). The molecule has 1 fully saturated rings. The summed E-state index contributed by atoms with van der Waals surface area (Å²) in [6.07, 6.45) is 0. The second-order valence-corrected chi connectivity index (χ2v) is 5.73. The Morgan fingerprint density at radius 3 is 2.28 bits per heavy atom. The van der Waals surface area contributed by atoms with Gasteiger partial charge in [0, 0.05) is 26.2 Å². The Bertz CT molecular complexity index is 717. The van der Waals surface area contributed by atoms with Crippen molar-refractivity contribution in [3.63, 3.8) is 0 Å². The molecule has 1 aliphatic heterocycles. The molecular formula is C18H25FN4O2. The number of aromatic nitrogens is 2. The summed E-state index contributed by atoms with van der Waals surface area (Å²) in [6, 6.07) is 3.91. The van der Waals surface area contributed by atoms with E-state index in [2.05, 4.69) is 15.1 Å². The molecule has 1 aromatic carbocycles. The summed E-state index contributed by atoms with van der Waals surface area (Å²) in [5.74, 6) is -1.44. The Morgan fingerprint density at radius 2 is 1.76 bits per heavy atom. The van der Waals surface area contributed by atoms with Crippen LogP contribution in [0.25, 0.3) is 0 Å². The first-order chi connectivity index (χ1) is 12.0. The van der Waals surface area contributed by atoms with Crippen LogP contribution < -0.4 is 9.80 Å². The fourth-order valence-corrected chi connectivity index (χ4v) is 3.07. The Kier molecular flexibility index (Phi) is 6.01. The van der Waals surface area contributed by atoms with Gasteiger partial charge in [-0.1, -0.05) is 13.8 Å². The van der Waals surface area contributed by atoms with E-state index in [0.717, 1.165) is 30.2 Å². The molecule has 0 saturated carbocycles. The number of benzene rings is 1. The van der Waals surface area contributed by atoms with Crippen molar-refractivity contribution in [3.8, 4) is 0 Å². The van der Waals surface area contributed by atoms with Crippen LogP contribution in [0.1, 0.15) is 35.6 Å². The maximum atomic E-state index is 14.1. The molecule has 136 valence electrons. The van der Waals surface area contributed by atoms with Gasteiger partial charge in [-0.3, -0.25) is 5.10 Å². The molecule has 6 nitrogen and oxygen atoms in total. The maximum absolute atomic E-state index is 14.1. The van der Waals surface area contributed by atoms with Gasteiger partial charge in [-0.05, 0) is 32.0 Å². The molecule has 0 atom stereocenters. The number of carboxylic acid groups (broad SMARTS) is 1. The van der Waals surface area contributed by atoms with E-state index in [1.165, 1.54) is 18.2 Å². The first-order valence-electron chi connectivity index (χ1n) is 8.51. The van der Waals surface area contributed by atoms with Gasteiger partial charge >= 0.3 is 5.97 Å². The van der Waals surface area contributed by atoms with Crippen LogP contribution in [0, 0.1) is 19.7 Å². The topological polar surface area (TPSA) is 72.5 Å². The lowest BCUT2D eigenvalue weighted by molar-refractivity contribution is 0.0697. The summed E-state index contributed by atoms with van der Waals surface area (Å²) >= 11 is 0. The van der Waals surface area contributed by atoms with Crippen molar-refractivity contribution in [2.24, 2.45) is 0 Å². The van der Waals surface area contributed by atoms with Crippen LogP contribution in [-0.4, -0.2) is 47.5 Å². The summed E-state index contributed by atoms with van der Waals surface area (Å²) in [6.45, 7) is 10.7. The fourth-order valence-electron chi connectivity index (χ4n) is 3.07. The van der Waals surface area contributed by atoms with Gasteiger partial charge < -0.3 is 14.9 Å².